The van der Waals surface area contributed by atoms with Crippen LogP contribution in [0.1, 0.15) is 37.1 Å². The zero-order valence-corrected chi connectivity index (χ0v) is 16.2. The Hall–Kier alpha value is -2.86. The number of hydrogen-bond donors (Lipinski definition) is 1. The maximum absolute atomic E-state index is 12.4. The molecular weight excluding hydrogens is 344 g/mol. The van der Waals surface area contributed by atoms with E-state index in [1.165, 1.54) is 4.90 Å². The van der Waals surface area contributed by atoms with Gasteiger partial charge in [0.2, 0.25) is 0 Å². The van der Waals surface area contributed by atoms with E-state index in [9.17, 15) is 14.7 Å². The van der Waals surface area contributed by atoms with Crippen LogP contribution in [0.25, 0.3) is 21.7 Å². The molecule has 6 heteroatoms. The Bertz CT molecular complexity index is 1070. The maximum atomic E-state index is 12.4. The van der Waals surface area contributed by atoms with Crippen molar-refractivity contribution in [3.8, 4) is 0 Å². The predicted octanol–water partition coefficient (Wildman–Crippen LogP) is 4.24. The lowest BCUT2D eigenvalue weighted by molar-refractivity contribution is 0.142. The summed E-state index contributed by atoms with van der Waals surface area (Å²) in [5.74, 6) is 0. The van der Waals surface area contributed by atoms with Crippen molar-refractivity contribution in [2.24, 2.45) is 0 Å². The molecule has 0 aliphatic carbocycles. The fourth-order valence-corrected chi connectivity index (χ4v) is 3.31. The molecule has 1 amide bonds. The highest BCUT2D eigenvalue weighted by Gasteiger charge is 2.23. The van der Waals surface area contributed by atoms with Crippen LogP contribution in [0.3, 0.4) is 0 Å². The van der Waals surface area contributed by atoms with Crippen LogP contribution in [0.4, 0.5) is 4.79 Å². The molecule has 6 nitrogen and oxygen atoms in total. The highest BCUT2D eigenvalue weighted by Crippen LogP contribution is 2.35. The quantitative estimate of drug-likeness (QED) is 0.551. The summed E-state index contributed by atoms with van der Waals surface area (Å²) in [4.78, 5) is 27.3. The van der Waals surface area contributed by atoms with Crippen LogP contribution in [0.5, 0.6) is 0 Å². The molecule has 2 unspecified atom stereocenters. The summed E-state index contributed by atoms with van der Waals surface area (Å²) in [5, 5.41) is 11.5. The summed E-state index contributed by atoms with van der Waals surface area (Å²) in [7, 11) is 5.48. The summed E-state index contributed by atoms with van der Waals surface area (Å²) in [5.41, 5.74) is 1.87. The lowest BCUT2D eigenvalue weighted by atomic mass is 9.93. The van der Waals surface area contributed by atoms with E-state index in [2.05, 4.69) is 11.8 Å². The molecular formula is C21H24N2O4. The van der Waals surface area contributed by atoms with Crippen molar-refractivity contribution in [2.45, 2.75) is 25.9 Å². The molecule has 142 valence electrons. The monoisotopic (exact) mass is 368 g/mol. The Morgan fingerprint density at radius 2 is 1.67 bits per heavy atom. The van der Waals surface area contributed by atoms with Gasteiger partial charge in [0.15, 0.2) is 0 Å². The minimum atomic E-state index is -1.01. The van der Waals surface area contributed by atoms with E-state index in [-0.39, 0.29) is 6.04 Å². The number of hydrogen-bond acceptors (Lipinski definition) is 4. The fourth-order valence-electron chi connectivity index (χ4n) is 3.31. The second-order valence-electron chi connectivity index (χ2n) is 7.13. The summed E-state index contributed by atoms with van der Waals surface area (Å²) in [6, 6.07) is 10.8. The van der Waals surface area contributed by atoms with Crippen LogP contribution >= 0.6 is 0 Å². The number of amides is 1. The van der Waals surface area contributed by atoms with Crippen molar-refractivity contribution in [1.82, 2.24) is 9.80 Å². The third kappa shape index (κ3) is 3.28. The molecule has 0 aliphatic heterocycles. The van der Waals surface area contributed by atoms with Gasteiger partial charge in [0.05, 0.1) is 11.4 Å². The van der Waals surface area contributed by atoms with Gasteiger partial charge in [0, 0.05) is 23.9 Å². The average molecular weight is 368 g/mol. The topological polar surface area (TPSA) is 74.0 Å². The summed E-state index contributed by atoms with van der Waals surface area (Å²) < 4.78 is 5.64. The fraction of sp³-hybridized carbons (Fsp3) is 0.333. The van der Waals surface area contributed by atoms with Crippen LogP contribution in [0.2, 0.25) is 0 Å². The smallest absolute Gasteiger partial charge is 0.407 e. The van der Waals surface area contributed by atoms with Crippen molar-refractivity contribution in [3.63, 3.8) is 0 Å². The van der Waals surface area contributed by atoms with Crippen LogP contribution < -0.4 is 5.63 Å². The van der Waals surface area contributed by atoms with E-state index >= 15 is 0 Å². The van der Waals surface area contributed by atoms with Crippen LogP contribution in [-0.2, 0) is 0 Å². The molecule has 0 fully saturated rings. The number of carboxylic acid groups (broad SMARTS) is 1. The zero-order chi connectivity index (χ0) is 19.9. The number of rotatable bonds is 4. The van der Waals surface area contributed by atoms with Crippen molar-refractivity contribution >= 4 is 27.8 Å². The van der Waals surface area contributed by atoms with E-state index < -0.39 is 17.8 Å². The molecule has 2 atom stereocenters. The normalized spacial score (nSPS) is 13.9. The lowest BCUT2D eigenvalue weighted by Crippen LogP contribution is -2.28. The third-order valence-electron chi connectivity index (χ3n) is 5.36. The SMILES string of the molecule is CC(c1cc(C(C)N(C)C(=O)O)c2c(c1)oc(=O)c1ccccc12)N(C)C. The number of fused-ring (bicyclic) bond motifs is 3. The van der Waals surface area contributed by atoms with E-state index in [0.29, 0.717) is 11.0 Å². The Labute approximate surface area is 157 Å². The van der Waals surface area contributed by atoms with E-state index in [1.54, 1.807) is 19.2 Å². The Balaban J connectivity index is 2.42. The van der Waals surface area contributed by atoms with Gasteiger partial charge in [-0.05, 0) is 51.2 Å². The minimum absolute atomic E-state index is 0.0762. The number of benzene rings is 2. The molecule has 0 radical (unpaired) electrons. The van der Waals surface area contributed by atoms with Crippen molar-refractivity contribution < 1.29 is 14.3 Å². The minimum Gasteiger partial charge on any atom is -0.465 e. The van der Waals surface area contributed by atoms with Gasteiger partial charge in [0.25, 0.3) is 0 Å². The predicted molar refractivity (Wildman–Crippen MR) is 106 cm³/mol. The highest BCUT2D eigenvalue weighted by atomic mass is 16.4. The molecule has 0 bridgehead atoms. The molecule has 0 saturated heterocycles. The molecule has 0 aliphatic rings. The van der Waals surface area contributed by atoms with Gasteiger partial charge in [0.1, 0.15) is 5.58 Å². The van der Waals surface area contributed by atoms with Gasteiger partial charge in [-0.2, -0.15) is 0 Å². The first kappa shape index (κ1) is 18.9. The molecule has 3 rings (SSSR count). The van der Waals surface area contributed by atoms with E-state index in [0.717, 1.165) is 21.9 Å². The molecule has 0 saturated carbocycles. The van der Waals surface area contributed by atoms with Gasteiger partial charge in [-0.1, -0.05) is 24.3 Å². The Morgan fingerprint density at radius 1 is 1.04 bits per heavy atom. The second-order valence-corrected chi connectivity index (χ2v) is 7.13. The van der Waals surface area contributed by atoms with Gasteiger partial charge in [-0.25, -0.2) is 9.59 Å². The largest absolute Gasteiger partial charge is 0.465 e. The molecule has 3 aromatic rings. The molecule has 1 N–H and O–H groups in total. The first-order valence-electron chi connectivity index (χ1n) is 8.84. The third-order valence-corrected chi connectivity index (χ3v) is 5.36. The lowest BCUT2D eigenvalue weighted by Gasteiger charge is -2.26. The Kier molecular flexibility index (Phi) is 4.93. The molecule has 1 aromatic heterocycles. The Morgan fingerprint density at radius 3 is 2.26 bits per heavy atom. The summed E-state index contributed by atoms with van der Waals surface area (Å²) >= 11 is 0. The number of nitrogens with zero attached hydrogens (tertiary/aromatic N) is 2. The average Bonchev–Trinajstić information content (AvgIpc) is 2.65. The maximum Gasteiger partial charge on any atom is 0.407 e. The van der Waals surface area contributed by atoms with Gasteiger partial charge in [-0.3, -0.25) is 0 Å². The second kappa shape index (κ2) is 7.04. The van der Waals surface area contributed by atoms with Crippen molar-refractivity contribution in [2.75, 3.05) is 21.1 Å². The standard InChI is InChI=1S/C21H24N2O4/c1-12(22(3)4)14-10-17(13(2)23(5)21(25)26)19-15-8-6-7-9-16(15)20(24)27-18(19)11-14/h6-13H,1-5H3,(H,25,26). The molecule has 0 spiro atoms. The zero-order valence-electron chi connectivity index (χ0n) is 16.2. The number of carbonyl (C=O) groups is 1. The van der Waals surface area contributed by atoms with Crippen molar-refractivity contribution in [1.29, 1.82) is 0 Å². The van der Waals surface area contributed by atoms with Crippen LogP contribution in [-0.4, -0.2) is 42.1 Å². The van der Waals surface area contributed by atoms with E-state index in [4.69, 9.17) is 4.42 Å². The first-order chi connectivity index (χ1) is 12.7. The molecule has 1 heterocycles. The van der Waals surface area contributed by atoms with Crippen LogP contribution in [0.15, 0.2) is 45.6 Å². The van der Waals surface area contributed by atoms with Gasteiger partial charge < -0.3 is 19.3 Å². The summed E-state index contributed by atoms with van der Waals surface area (Å²) in [6.07, 6.45) is -1.01. The van der Waals surface area contributed by atoms with Gasteiger partial charge >= 0.3 is 11.7 Å². The van der Waals surface area contributed by atoms with Crippen molar-refractivity contribution in [3.05, 3.63) is 57.9 Å². The van der Waals surface area contributed by atoms with Gasteiger partial charge in [-0.15, -0.1) is 0 Å². The highest BCUT2D eigenvalue weighted by molar-refractivity contribution is 6.06. The van der Waals surface area contributed by atoms with Crippen LogP contribution in [0, 0.1) is 0 Å². The molecule has 2 aromatic carbocycles. The summed E-state index contributed by atoms with van der Waals surface area (Å²) in [6.45, 7) is 3.89. The van der Waals surface area contributed by atoms with E-state index in [1.807, 2.05) is 45.3 Å². The first-order valence-corrected chi connectivity index (χ1v) is 8.84. The molecule has 27 heavy (non-hydrogen) atoms.